The number of thiophene rings is 1. The molecule has 0 N–H and O–H groups in total. The van der Waals surface area contributed by atoms with Crippen molar-refractivity contribution in [3.8, 4) is 0 Å². The molecule has 3 heterocycles. The van der Waals surface area contributed by atoms with Crippen LogP contribution in [-0.4, -0.2) is 51.9 Å². The van der Waals surface area contributed by atoms with Crippen LogP contribution in [0.25, 0.3) is 10.2 Å². The van der Waals surface area contributed by atoms with Gasteiger partial charge >= 0.3 is 0 Å². The lowest BCUT2D eigenvalue weighted by molar-refractivity contribution is 0.0409. The number of benzene rings is 1. The van der Waals surface area contributed by atoms with E-state index in [1.165, 1.54) is 0 Å². The molecule has 150 valence electrons. The van der Waals surface area contributed by atoms with E-state index in [0.29, 0.717) is 37.4 Å². The van der Waals surface area contributed by atoms with Gasteiger partial charge in [0, 0.05) is 43.2 Å². The van der Waals surface area contributed by atoms with Crippen LogP contribution in [-0.2, 0) is 6.54 Å². The van der Waals surface area contributed by atoms with Crippen LogP contribution in [0.4, 0.5) is 0 Å². The smallest absolute Gasteiger partial charge is 0.270 e. The second-order valence-electron chi connectivity index (χ2n) is 7.72. The first-order valence-electron chi connectivity index (χ1n) is 9.82. The Morgan fingerprint density at radius 1 is 1.14 bits per heavy atom. The number of nitrogens with zero attached hydrogens (tertiary/aromatic N) is 3. The average Bonchev–Trinajstić information content (AvgIpc) is 3.30. The summed E-state index contributed by atoms with van der Waals surface area (Å²) >= 11 is 1.64. The minimum Gasteiger partial charge on any atom is -0.334 e. The monoisotopic (exact) mass is 407 g/mol. The highest BCUT2D eigenvalue weighted by molar-refractivity contribution is 7.16. The molecule has 2 amide bonds. The Morgan fingerprint density at radius 2 is 1.90 bits per heavy atom. The van der Waals surface area contributed by atoms with Crippen molar-refractivity contribution in [3.05, 3.63) is 71.3 Å². The normalized spacial score (nSPS) is 17.0. The number of amides is 2. The second kappa shape index (κ2) is 7.87. The van der Waals surface area contributed by atoms with Crippen molar-refractivity contribution >= 4 is 33.4 Å². The van der Waals surface area contributed by atoms with Gasteiger partial charge in [0.05, 0.1) is 0 Å². The number of carbonyl (C=O) groups excluding carboxylic acids is 2. The molecule has 2 aromatic heterocycles. The van der Waals surface area contributed by atoms with Gasteiger partial charge in [-0.05, 0) is 43.5 Å². The Bertz CT molecular complexity index is 1070. The summed E-state index contributed by atoms with van der Waals surface area (Å²) in [5.41, 5.74) is 2.40. The quantitative estimate of drug-likeness (QED) is 0.607. The van der Waals surface area contributed by atoms with E-state index >= 15 is 0 Å². The molecule has 1 saturated heterocycles. The van der Waals surface area contributed by atoms with Gasteiger partial charge in [0.15, 0.2) is 0 Å². The summed E-state index contributed by atoms with van der Waals surface area (Å²) in [4.78, 5) is 31.0. The van der Waals surface area contributed by atoms with Crippen LogP contribution < -0.4 is 0 Å². The Kier molecular flexibility index (Phi) is 5.28. The van der Waals surface area contributed by atoms with Gasteiger partial charge in [0.2, 0.25) is 0 Å². The van der Waals surface area contributed by atoms with Crippen LogP contribution in [0.5, 0.6) is 0 Å². The number of carbonyl (C=O) groups is 2. The maximum absolute atomic E-state index is 13.3. The Hall–Kier alpha value is -2.86. The SMILES string of the molecule is C=C(C)Cn1c(C(=O)N2CCN(C(=O)c3ccccc3)C(C)C2)cc2ccsc21. The minimum absolute atomic E-state index is 0.0216. The second-order valence-corrected chi connectivity index (χ2v) is 8.61. The molecular weight excluding hydrogens is 382 g/mol. The molecule has 1 fully saturated rings. The van der Waals surface area contributed by atoms with E-state index in [1.807, 2.05) is 71.5 Å². The zero-order chi connectivity index (χ0) is 20.5. The average molecular weight is 408 g/mol. The number of rotatable bonds is 4. The molecule has 0 radical (unpaired) electrons. The fraction of sp³-hybridized carbons (Fsp3) is 0.304. The van der Waals surface area contributed by atoms with E-state index in [1.54, 1.807) is 11.3 Å². The number of hydrogen-bond acceptors (Lipinski definition) is 3. The molecule has 4 rings (SSSR count). The number of hydrogen-bond donors (Lipinski definition) is 0. The van der Waals surface area contributed by atoms with Crippen molar-refractivity contribution in [2.45, 2.75) is 26.4 Å². The van der Waals surface area contributed by atoms with E-state index in [9.17, 15) is 9.59 Å². The van der Waals surface area contributed by atoms with Crippen molar-refractivity contribution in [2.24, 2.45) is 0 Å². The number of allylic oxidation sites excluding steroid dienone is 1. The lowest BCUT2D eigenvalue weighted by atomic mass is 10.1. The minimum atomic E-state index is -0.0360. The molecule has 3 aromatic rings. The number of fused-ring (bicyclic) bond motifs is 1. The van der Waals surface area contributed by atoms with E-state index in [0.717, 1.165) is 15.8 Å². The molecule has 0 bridgehead atoms. The lowest BCUT2D eigenvalue weighted by Crippen LogP contribution is -2.55. The molecule has 1 aliphatic heterocycles. The maximum Gasteiger partial charge on any atom is 0.270 e. The molecule has 0 aliphatic carbocycles. The molecule has 1 aliphatic rings. The molecular formula is C23H25N3O2S. The van der Waals surface area contributed by atoms with Gasteiger partial charge in [-0.25, -0.2) is 0 Å². The zero-order valence-electron chi connectivity index (χ0n) is 16.8. The first-order valence-corrected chi connectivity index (χ1v) is 10.7. The summed E-state index contributed by atoms with van der Waals surface area (Å²) in [5, 5.41) is 3.13. The van der Waals surface area contributed by atoms with Gasteiger partial charge < -0.3 is 14.4 Å². The lowest BCUT2D eigenvalue weighted by Gasteiger charge is -2.40. The summed E-state index contributed by atoms with van der Waals surface area (Å²) in [6.07, 6.45) is 0. The van der Waals surface area contributed by atoms with E-state index in [4.69, 9.17) is 0 Å². The molecule has 6 heteroatoms. The van der Waals surface area contributed by atoms with Crippen molar-refractivity contribution < 1.29 is 9.59 Å². The molecule has 1 aromatic carbocycles. The van der Waals surface area contributed by atoms with Crippen LogP contribution in [0.1, 0.15) is 34.7 Å². The van der Waals surface area contributed by atoms with Crippen LogP contribution in [0, 0.1) is 0 Å². The van der Waals surface area contributed by atoms with E-state index in [2.05, 4.69) is 11.1 Å². The van der Waals surface area contributed by atoms with Gasteiger partial charge in [-0.1, -0.05) is 30.4 Å². The molecule has 29 heavy (non-hydrogen) atoms. The molecule has 1 atom stereocenters. The molecule has 1 unspecified atom stereocenters. The molecule has 0 spiro atoms. The van der Waals surface area contributed by atoms with Crippen molar-refractivity contribution in [1.29, 1.82) is 0 Å². The maximum atomic E-state index is 13.3. The van der Waals surface area contributed by atoms with Gasteiger partial charge in [0.25, 0.3) is 11.8 Å². The third-order valence-electron chi connectivity index (χ3n) is 5.35. The first-order chi connectivity index (χ1) is 14.0. The highest BCUT2D eigenvalue weighted by Crippen LogP contribution is 2.27. The topological polar surface area (TPSA) is 45.6 Å². The van der Waals surface area contributed by atoms with Crippen molar-refractivity contribution in [3.63, 3.8) is 0 Å². The summed E-state index contributed by atoms with van der Waals surface area (Å²) in [7, 11) is 0. The predicted molar refractivity (Wildman–Crippen MR) is 117 cm³/mol. The van der Waals surface area contributed by atoms with Crippen LogP contribution in [0.3, 0.4) is 0 Å². The third-order valence-corrected chi connectivity index (χ3v) is 6.30. The zero-order valence-corrected chi connectivity index (χ0v) is 17.6. The number of piperazine rings is 1. The summed E-state index contributed by atoms with van der Waals surface area (Å²) in [6.45, 7) is 10.2. The summed E-state index contributed by atoms with van der Waals surface area (Å²) in [6, 6.07) is 13.3. The highest BCUT2D eigenvalue weighted by Gasteiger charge is 2.32. The van der Waals surface area contributed by atoms with Gasteiger partial charge in [-0.2, -0.15) is 0 Å². The summed E-state index contributed by atoms with van der Waals surface area (Å²) < 4.78 is 2.07. The molecule has 0 saturated carbocycles. The highest BCUT2D eigenvalue weighted by atomic mass is 32.1. The Labute approximate surface area is 174 Å². The third kappa shape index (κ3) is 3.72. The van der Waals surface area contributed by atoms with Crippen LogP contribution in [0.2, 0.25) is 0 Å². The Morgan fingerprint density at radius 3 is 2.59 bits per heavy atom. The fourth-order valence-corrected chi connectivity index (χ4v) is 4.83. The van der Waals surface area contributed by atoms with E-state index < -0.39 is 0 Å². The van der Waals surface area contributed by atoms with Gasteiger partial charge in [-0.15, -0.1) is 11.3 Å². The first kappa shape index (κ1) is 19.5. The molecule has 5 nitrogen and oxygen atoms in total. The van der Waals surface area contributed by atoms with Gasteiger partial charge in [-0.3, -0.25) is 9.59 Å². The van der Waals surface area contributed by atoms with Gasteiger partial charge in [0.1, 0.15) is 10.5 Å². The van der Waals surface area contributed by atoms with E-state index in [-0.39, 0.29) is 17.9 Å². The van der Waals surface area contributed by atoms with Crippen molar-refractivity contribution in [1.82, 2.24) is 14.4 Å². The summed E-state index contributed by atoms with van der Waals surface area (Å²) in [5.74, 6) is 0.0460. The largest absolute Gasteiger partial charge is 0.334 e. The van der Waals surface area contributed by atoms with Crippen LogP contribution in [0.15, 0.2) is 60.0 Å². The predicted octanol–water partition coefficient (Wildman–Crippen LogP) is 4.27. The standard InChI is InChI=1S/C23H25N3O2S/c1-16(2)14-26-20(13-19-9-12-29-23(19)26)22(28)24-10-11-25(17(3)15-24)21(27)18-7-5-4-6-8-18/h4-9,12-13,17H,1,10-11,14-15H2,2-3H3. The number of aromatic nitrogens is 1. The van der Waals surface area contributed by atoms with Crippen molar-refractivity contribution in [2.75, 3.05) is 19.6 Å². The van der Waals surface area contributed by atoms with Crippen LogP contribution >= 0.6 is 11.3 Å². The fourth-order valence-electron chi connectivity index (χ4n) is 3.93. The Balaban J connectivity index is 1.53.